The number of pyridine rings is 1. The van der Waals surface area contributed by atoms with Crippen molar-refractivity contribution in [3.8, 4) is 0 Å². The van der Waals surface area contributed by atoms with Crippen molar-refractivity contribution in [1.82, 2.24) is 4.98 Å². The standard InChI is InChI=1S/C15H21ClN2/c1-9(2)12-13-10(6-7-17-12)8-11(16)14(18-13)15(3,4)5/h8-9H,6-7H2,1-5H3. The maximum absolute atomic E-state index is 6.37. The number of rotatable bonds is 1. The monoisotopic (exact) mass is 264 g/mol. The molecule has 2 nitrogen and oxygen atoms in total. The van der Waals surface area contributed by atoms with E-state index in [1.807, 2.05) is 0 Å². The molecule has 0 fully saturated rings. The first-order chi connectivity index (χ1) is 8.30. The number of halogens is 1. The average molecular weight is 265 g/mol. The van der Waals surface area contributed by atoms with E-state index in [1.54, 1.807) is 0 Å². The average Bonchev–Trinajstić information content (AvgIpc) is 2.25. The number of nitrogens with zero attached hydrogens (tertiary/aromatic N) is 2. The Kier molecular flexibility index (Phi) is 3.50. The lowest BCUT2D eigenvalue weighted by Gasteiger charge is -2.25. The Morgan fingerprint density at radius 3 is 2.50 bits per heavy atom. The quantitative estimate of drug-likeness (QED) is 0.752. The summed E-state index contributed by atoms with van der Waals surface area (Å²) in [7, 11) is 0. The van der Waals surface area contributed by atoms with Crippen molar-refractivity contribution >= 4 is 17.3 Å². The summed E-state index contributed by atoms with van der Waals surface area (Å²) in [4.78, 5) is 9.46. The number of fused-ring (bicyclic) bond motifs is 1. The zero-order chi connectivity index (χ0) is 13.5. The van der Waals surface area contributed by atoms with E-state index in [-0.39, 0.29) is 5.41 Å². The van der Waals surface area contributed by atoms with Crippen molar-refractivity contribution in [2.45, 2.75) is 46.5 Å². The van der Waals surface area contributed by atoms with Crippen LogP contribution in [0.3, 0.4) is 0 Å². The van der Waals surface area contributed by atoms with Gasteiger partial charge in [-0.2, -0.15) is 0 Å². The van der Waals surface area contributed by atoms with Gasteiger partial charge in [0.15, 0.2) is 0 Å². The molecule has 0 spiro atoms. The predicted molar refractivity (Wildman–Crippen MR) is 77.9 cm³/mol. The summed E-state index contributed by atoms with van der Waals surface area (Å²) in [6.07, 6.45) is 0.947. The normalized spacial score (nSPS) is 15.6. The van der Waals surface area contributed by atoms with Crippen molar-refractivity contribution in [3.05, 3.63) is 28.0 Å². The van der Waals surface area contributed by atoms with Crippen molar-refractivity contribution in [2.75, 3.05) is 6.54 Å². The van der Waals surface area contributed by atoms with Gasteiger partial charge in [-0.25, -0.2) is 4.98 Å². The fourth-order valence-electron chi connectivity index (χ4n) is 2.29. The van der Waals surface area contributed by atoms with Gasteiger partial charge in [0.1, 0.15) is 0 Å². The third kappa shape index (κ3) is 2.44. The van der Waals surface area contributed by atoms with Crippen LogP contribution in [0.1, 0.15) is 51.6 Å². The lowest BCUT2D eigenvalue weighted by molar-refractivity contribution is 0.567. The van der Waals surface area contributed by atoms with Gasteiger partial charge in [0.25, 0.3) is 0 Å². The predicted octanol–water partition coefficient (Wildman–Crippen LogP) is 4.03. The summed E-state index contributed by atoms with van der Waals surface area (Å²) in [6, 6.07) is 2.08. The van der Waals surface area contributed by atoms with Crippen LogP contribution in [0.15, 0.2) is 11.1 Å². The Labute approximate surface area is 114 Å². The molecule has 0 aliphatic carbocycles. The minimum Gasteiger partial charge on any atom is -0.287 e. The van der Waals surface area contributed by atoms with Crippen LogP contribution in [0.5, 0.6) is 0 Å². The van der Waals surface area contributed by atoms with E-state index in [0.717, 1.165) is 35.1 Å². The molecule has 1 aromatic rings. The van der Waals surface area contributed by atoms with Gasteiger partial charge < -0.3 is 0 Å². The van der Waals surface area contributed by atoms with Gasteiger partial charge in [-0.1, -0.05) is 46.2 Å². The second-order valence-corrected chi connectivity index (χ2v) is 6.66. The SMILES string of the molecule is CC(C)C1=NCCc2cc(Cl)c(C(C)(C)C)nc21. The van der Waals surface area contributed by atoms with E-state index in [0.29, 0.717) is 5.92 Å². The molecule has 18 heavy (non-hydrogen) atoms. The van der Waals surface area contributed by atoms with Crippen LogP contribution in [0.4, 0.5) is 0 Å². The first kappa shape index (κ1) is 13.5. The third-order valence-corrected chi connectivity index (χ3v) is 3.51. The summed E-state index contributed by atoms with van der Waals surface area (Å²) in [6.45, 7) is 11.6. The van der Waals surface area contributed by atoms with Crippen LogP contribution >= 0.6 is 11.6 Å². The highest BCUT2D eigenvalue weighted by molar-refractivity contribution is 6.31. The summed E-state index contributed by atoms with van der Waals surface area (Å²) >= 11 is 6.37. The molecule has 0 aromatic carbocycles. The Morgan fingerprint density at radius 2 is 1.94 bits per heavy atom. The number of hydrogen-bond donors (Lipinski definition) is 0. The van der Waals surface area contributed by atoms with E-state index in [9.17, 15) is 0 Å². The molecular weight excluding hydrogens is 244 g/mol. The molecular formula is C15H21ClN2. The highest BCUT2D eigenvalue weighted by Gasteiger charge is 2.25. The molecule has 0 saturated heterocycles. The second-order valence-electron chi connectivity index (χ2n) is 6.25. The third-order valence-electron chi connectivity index (χ3n) is 3.22. The molecule has 3 heteroatoms. The first-order valence-electron chi connectivity index (χ1n) is 6.55. The Morgan fingerprint density at radius 1 is 1.28 bits per heavy atom. The van der Waals surface area contributed by atoms with Gasteiger partial charge in [0, 0.05) is 12.0 Å². The summed E-state index contributed by atoms with van der Waals surface area (Å²) < 4.78 is 0. The van der Waals surface area contributed by atoms with Gasteiger partial charge in [0.05, 0.1) is 22.1 Å². The van der Waals surface area contributed by atoms with Gasteiger partial charge in [-0.3, -0.25) is 4.99 Å². The minimum absolute atomic E-state index is 0.0361. The van der Waals surface area contributed by atoms with E-state index in [1.165, 1.54) is 5.56 Å². The molecule has 0 saturated carbocycles. The molecule has 2 heterocycles. The van der Waals surface area contributed by atoms with Crippen LogP contribution in [0.2, 0.25) is 5.02 Å². The largest absolute Gasteiger partial charge is 0.287 e. The molecule has 0 atom stereocenters. The lowest BCUT2D eigenvalue weighted by Crippen LogP contribution is -2.23. The van der Waals surface area contributed by atoms with Crippen molar-refractivity contribution in [3.63, 3.8) is 0 Å². The number of aliphatic imine (C=N–C) groups is 1. The Bertz CT molecular complexity index is 496. The Hall–Kier alpha value is -0.890. The van der Waals surface area contributed by atoms with Gasteiger partial charge in [-0.05, 0) is 24.0 Å². The highest BCUT2D eigenvalue weighted by atomic mass is 35.5. The zero-order valence-electron chi connectivity index (χ0n) is 11.8. The smallest absolute Gasteiger partial charge is 0.0879 e. The number of aromatic nitrogens is 1. The van der Waals surface area contributed by atoms with E-state index < -0.39 is 0 Å². The molecule has 0 unspecified atom stereocenters. The fraction of sp³-hybridized carbons (Fsp3) is 0.600. The summed E-state index contributed by atoms with van der Waals surface area (Å²) in [5, 5.41) is 0.784. The topological polar surface area (TPSA) is 25.2 Å². The molecule has 0 amide bonds. The molecule has 98 valence electrons. The van der Waals surface area contributed by atoms with E-state index >= 15 is 0 Å². The van der Waals surface area contributed by atoms with Crippen LogP contribution < -0.4 is 0 Å². The van der Waals surface area contributed by atoms with Crippen molar-refractivity contribution in [1.29, 1.82) is 0 Å². The van der Waals surface area contributed by atoms with Crippen LogP contribution in [0.25, 0.3) is 0 Å². The molecule has 0 bridgehead atoms. The summed E-state index contributed by atoms with van der Waals surface area (Å²) in [5.74, 6) is 0.408. The number of hydrogen-bond acceptors (Lipinski definition) is 2. The molecule has 0 N–H and O–H groups in total. The molecule has 2 rings (SSSR count). The van der Waals surface area contributed by atoms with Gasteiger partial charge in [-0.15, -0.1) is 0 Å². The van der Waals surface area contributed by atoms with Crippen molar-refractivity contribution < 1.29 is 0 Å². The van der Waals surface area contributed by atoms with E-state index in [4.69, 9.17) is 16.6 Å². The van der Waals surface area contributed by atoms with Crippen LogP contribution in [0, 0.1) is 5.92 Å². The maximum atomic E-state index is 6.37. The first-order valence-corrected chi connectivity index (χ1v) is 6.93. The summed E-state index contributed by atoms with van der Waals surface area (Å²) in [5.41, 5.74) is 4.36. The zero-order valence-corrected chi connectivity index (χ0v) is 12.6. The lowest BCUT2D eigenvalue weighted by atomic mass is 9.89. The molecule has 0 radical (unpaired) electrons. The molecule has 1 aliphatic heterocycles. The van der Waals surface area contributed by atoms with Gasteiger partial charge in [0.2, 0.25) is 0 Å². The van der Waals surface area contributed by atoms with Gasteiger partial charge >= 0.3 is 0 Å². The minimum atomic E-state index is -0.0361. The van der Waals surface area contributed by atoms with E-state index in [2.05, 4.69) is 45.7 Å². The molecule has 1 aromatic heterocycles. The Balaban J connectivity index is 2.60. The van der Waals surface area contributed by atoms with Crippen molar-refractivity contribution in [2.24, 2.45) is 10.9 Å². The van der Waals surface area contributed by atoms with Crippen LogP contribution in [-0.4, -0.2) is 17.2 Å². The maximum Gasteiger partial charge on any atom is 0.0879 e. The molecule has 1 aliphatic rings. The highest BCUT2D eigenvalue weighted by Crippen LogP contribution is 2.31. The van der Waals surface area contributed by atoms with Crippen LogP contribution in [-0.2, 0) is 11.8 Å². The second kappa shape index (κ2) is 4.65. The fourth-order valence-corrected chi connectivity index (χ4v) is 2.75.